The summed E-state index contributed by atoms with van der Waals surface area (Å²) in [5.74, 6) is 1.59. The minimum atomic E-state index is -0.333. The van der Waals surface area contributed by atoms with Gasteiger partial charge < -0.3 is 18.9 Å². The van der Waals surface area contributed by atoms with Crippen LogP contribution >= 0.6 is 15.9 Å². The van der Waals surface area contributed by atoms with Gasteiger partial charge >= 0.3 is 5.97 Å². The standard InChI is InChI=1S/C19H21BrO5/c1-13-5-4-6-15(9-13)24-7-8-25-19(21)11-14-10-17(22-2)18(23-3)12-16(14)20/h4-6,9-10,12H,7-8,11H2,1-3H3. The van der Waals surface area contributed by atoms with Gasteiger partial charge in [0, 0.05) is 4.47 Å². The molecule has 5 nitrogen and oxygen atoms in total. The van der Waals surface area contributed by atoms with Gasteiger partial charge in [-0.1, -0.05) is 28.1 Å². The van der Waals surface area contributed by atoms with Crippen LogP contribution in [0.2, 0.25) is 0 Å². The van der Waals surface area contributed by atoms with Crippen molar-refractivity contribution in [2.75, 3.05) is 27.4 Å². The number of esters is 1. The average molecular weight is 409 g/mol. The maximum absolute atomic E-state index is 12.0. The van der Waals surface area contributed by atoms with Crippen molar-refractivity contribution in [3.63, 3.8) is 0 Å². The van der Waals surface area contributed by atoms with E-state index in [0.29, 0.717) is 18.1 Å². The Hall–Kier alpha value is -2.21. The second-order valence-electron chi connectivity index (χ2n) is 5.36. The van der Waals surface area contributed by atoms with Crippen molar-refractivity contribution in [2.45, 2.75) is 13.3 Å². The Morgan fingerprint density at radius 1 is 1.04 bits per heavy atom. The van der Waals surface area contributed by atoms with Crippen molar-refractivity contribution in [3.8, 4) is 17.2 Å². The molecule has 25 heavy (non-hydrogen) atoms. The lowest BCUT2D eigenvalue weighted by molar-refractivity contribution is -0.143. The van der Waals surface area contributed by atoms with Crippen LogP contribution in [0.3, 0.4) is 0 Å². The van der Waals surface area contributed by atoms with Gasteiger partial charge in [0.2, 0.25) is 0 Å². The van der Waals surface area contributed by atoms with E-state index in [1.165, 1.54) is 0 Å². The first-order chi connectivity index (χ1) is 12.0. The molecule has 0 heterocycles. The van der Waals surface area contributed by atoms with Crippen molar-refractivity contribution in [3.05, 3.63) is 52.0 Å². The van der Waals surface area contributed by atoms with Crippen LogP contribution in [0.25, 0.3) is 0 Å². The largest absolute Gasteiger partial charge is 0.493 e. The number of hydrogen-bond donors (Lipinski definition) is 0. The summed E-state index contributed by atoms with van der Waals surface area (Å²) in [7, 11) is 3.11. The minimum absolute atomic E-state index is 0.130. The zero-order valence-electron chi connectivity index (χ0n) is 14.5. The first-order valence-electron chi connectivity index (χ1n) is 7.79. The van der Waals surface area contributed by atoms with Crippen LogP contribution in [0.15, 0.2) is 40.9 Å². The number of halogens is 1. The van der Waals surface area contributed by atoms with Crippen LogP contribution in [0.5, 0.6) is 17.2 Å². The number of aryl methyl sites for hydroxylation is 1. The molecular formula is C19H21BrO5. The van der Waals surface area contributed by atoms with E-state index in [9.17, 15) is 4.79 Å². The van der Waals surface area contributed by atoms with Crippen LogP contribution in [0.1, 0.15) is 11.1 Å². The Kier molecular flexibility index (Phi) is 7.13. The van der Waals surface area contributed by atoms with Crippen LogP contribution in [-0.4, -0.2) is 33.4 Å². The molecule has 0 radical (unpaired) electrons. The summed E-state index contributed by atoms with van der Waals surface area (Å²) < 4.78 is 22.0. The minimum Gasteiger partial charge on any atom is -0.493 e. The molecular weight excluding hydrogens is 388 g/mol. The molecule has 0 saturated carbocycles. The summed E-state index contributed by atoms with van der Waals surface area (Å²) in [6.45, 7) is 2.49. The Labute approximate surface area is 156 Å². The van der Waals surface area contributed by atoms with E-state index in [4.69, 9.17) is 18.9 Å². The highest BCUT2D eigenvalue weighted by Crippen LogP contribution is 2.33. The molecule has 0 saturated heterocycles. The van der Waals surface area contributed by atoms with E-state index in [2.05, 4.69) is 15.9 Å². The first kappa shape index (κ1) is 19.1. The Morgan fingerprint density at radius 2 is 1.76 bits per heavy atom. The van der Waals surface area contributed by atoms with Crippen molar-refractivity contribution < 1.29 is 23.7 Å². The molecule has 0 bridgehead atoms. The van der Waals surface area contributed by atoms with E-state index in [-0.39, 0.29) is 19.0 Å². The average Bonchev–Trinajstić information content (AvgIpc) is 2.60. The highest BCUT2D eigenvalue weighted by atomic mass is 79.9. The highest BCUT2D eigenvalue weighted by Gasteiger charge is 2.13. The fourth-order valence-corrected chi connectivity index (χ4v) is 2.72. The second kappa shape index (κ2) is 9.32. The monoisotopic (exact) mass is 408 g/mol. The smallest absolute Gasteiger partial charge is 0.310 e. The number of rotatable bonds is 8. The normalized spacial score (nSPS) is 10.2. The quantitative estimate of drug-likeness (QED) is 0.489. The van der Waals surface area contributed by atoms with Gasteiger partial charge in [-0.2, -0.15) is 0 Å². The summed E-state index contributed by atoms with van der Waals surface area (Å²) in [6.07, 6.45) is 0.130. The van der Waals surface area contributed by atoms with Crippen molar-refractivity contribution in [1.82, 2.24) is 0 Å². The molecule has 134 valence electrons. The van der Waals surface area contributed by atoms with Crippen LogP contribution in [-0.2, 0) is 16.0 Å². The van der Waals surface area contributed by atoms with E-state index >= 15 is 0 Å². The fraction of sp³-hybridized carbons (Fsp3) is 0.316. The van der Waals surface area contributed by atoms with Gasteiger partial charge in [-0.3, -0.25) is 4.79 Å². The van der Waals surface area contributed by atoms with Crippen LogP contribution in [0.4, 0.5) is 0 Å². The molecule has 2 rings (SSSR count). The van der Waals surface area contributed by atoms with Gasteiger partial charge in [0.25, 0.3) is 0 Å². The van der Waals surface area contributed by atoms with E-state index in [1.54, 1.807) is 26.4 Å². The van der Waals surface area contributed by atoms with E-state index in [1.807, 2.05) is 31.2 Å². The van der Waals surface area contributed by atoms with Gasteiger partial charge in [-0.05, 0) is 42.3 Å². The molecule has 0 aliphatic heterocycles. The first-order valence-corrected chi connectivity index (χ1v) is 8.58. The molecule has 6 heteroatoms. The SMILES string of the molecule is COc1cc(Br)c(CC(=O)OCCOc2cccc(C)c2)cc1OC. The molecule has 0 aliphatic carbocycles. The molecule has 0 aromatic heterocycles. The zero-order chi connectivity index (χ0) is 18.2. The van der Waals surface area contributed by atoms with Crippen molar-refractivity contribution in [2.24, 2.45) is 0 Å². The maximum Gasteiger partial charge on any atom is 0.310 e. The second-order valence-corrected chi connectivity index (χ2v) is 6.22. The molecule has 0 aliphatic rings. The van der Waals surface area contributed by atoms with Gasteiger partial charge in [0.15, 0.2) is 11.5 Å². The topological polar surface area (TPSA) is 54.0 Å². The summed E-state index contributed by atoms with van der Waals surface area (Å²) in [5, 5.41) is 0. The summed E-state index contributed by atoms with van der Waals surface area (Å²) in [4.78, 5) is 12.0. The number of methoxy groups -OCH3 is 2. The Morgan fingerprint density at radius 3 is 2.44 bits per heavy atom. The molecule has 0 N–H and O–H groups in total. The number of ether oxygens (including phenoxy) is 4. The summed E-state index contributed by atoms with van der Waals surface area (Å²) in [5.41, 5.74) is 1.88. The predicted molar refractivity (Wildman–Crippen MR) is 98.6 cm³/mol. The molecule has 0 atom stereocenters. The predicted octanol–water partition coefficient (Wildman–Crippen LogP) is 3.94. The fourth-order valence-electron chi connectivity index (χ4n) is 2.26. The summed E-state index contributed by atoms with van der Waals surface area (Å²) >= 11 is 3.43. The number of carbonyl (C=O) groups excluding carboxylic acids is 1. The molecule has 0 amide bonds. The van der Waals surface area contributed by atoms with Crippen molar-refractivity contribution in [1.29, 1.82) is 0 Å². The third-order valence-corrected chi connectivity index (χ3v) is 4.23. The van der Waals surface area contributed by atoms with Crippen LogP contribution < -0.4 is 14.2 Å². The van der Waals surface area contributed by atoms with Gasteiger partial charge in [-0.15, -0.1) is 0 Å². The Balaban J connectivity index is 1.84. The molecule has 0 spiro atoms. The van der Waals surface area contributed by atoms with Gasteiger partial charge in [0.1, 0.15) is 19.0 Å². The number of benzene rings is 2. The number of hydrogen-bond acceptors (Lipinski definition) is 5. The molecule has 0 unspecified atom stereocenters. The third-order valence-electron chi connectivity index (χ3n) is 3.49. The third kappa shape index (κ3) is 5.67. The lowest BCUT2D eigenvalue weighted by Crippen LogP contribution is -2.14. The number of carbonyl (C=O) groups is 1. The lowest BCUT2D eigenvalue weighted by Gasteiger charge is -2.12. The van der Waals surface area contributed by atoms with Crippen molar-refractivity contribution >= 4 is 21.9 Å². The molecule has 0 fully saturated rings. The van der Waals surface area contributed by atoms with E-state index < -0.39 is 0 Å². The lowest BCUT2D eigenvalue weighted by atomic mass is 10.1. The van der Waals surface area contributed by atoms with Crippen LogP contribution in [0, 0.1) is 6.92 Å². The molecule has 2 aromatic rings. The Bertz CT molecular complexity index is 730. The van der Waals surface area contributed by atoms with Gasteiger partial charge in [0.05, 0.1) is 20.6 Å². The summed E-state index contributed by atoms with van der Waals surface area (Å²) in [6, 6.07) is 11.2. The zero-order valence-corrected chi connectivity index (χ0v) is 16.1. The molecule has 2 aromatic carbocycles. The highest BCUT2D eigenvalue weighted by molar-refractivity contribution is 9.10. The van der Waals surface area contributed by atoms with Gasteiger partial charge in [-0.25, -0.2) is 0 Å². The van der Waals surface area contributed by atoms with E-state index in [0.717, 1.165) is 21.3 Å². The maximum atomic E-state index is 12.0.